The first-order chi connectivity index (χ1) is 13.4. The van der Waals surface area contributed by atoms with Gasteiger partial charge in [-0.1, -0.05) is 55.5 Å². The maximum Gasteiger partial charge on any atom is 0.0650 e. The fourth-order valence-electron chi connectivity index (χ4n) is 3.36. The van der Waals surface area contributed by atoms with Crippen molar-refractivity contribution in [3.05, 3.63) is 88.1 Å². The van der Waals surface area contributed by atoms with E-state index in [1.165, 1.54) is 22.3 Å². The van der Waals surface area contributed by atoms with Gasteiger partial charge in [-0.05, 0) is 74.4 Å². The van der Waals surface area contributed by atoms with E-state index >= 15 is 0 Å². The first kappa shape index (κ1) is 21.6. The zero-order valence-electron chi connectivity index (χ0n) is 18.1. The summed E-state index contributed by atoms with van der Waals surface area (Å²) in [5, 5.41) is 8.81. The van der Waals surface area contributed by atoms with E-state index in [1.807, 2.05) is 32.2 Å². The lowest BCUT2D eigenvalue weighted by Crippen LogP contribution is -2.11. The summed E-state index contributed by atoms with van der Waals surface area (Å²) in [7, 11) is 0. The first-order valence-corrected chi connectivity index (χ1v) is 9.98. The summed E-state index contributed by atoms with van der Waals surface area (Å²) in [6.07, 6.45) is 5.65. The minimum absolute atomic E-state index is 0.610. The summed E-state index contributed by atoms with van der Waals surface area (Å²) in [4.78, 5) is 4.72. The Balaban J connectivity index is 2.25. The van der Waals surface area contributed by atoms with Crippen molar-refractivity contribution in [2.24, 2.45) is 4.99 Å². The Morgan fingerprint density at radius 1 is 1.00 bits per heavy atom. The summed E-state index contributed by atoms with van der Waals surface area (Å²) in [5.41, 5.74) is 9.70. The lowest BCUT2D eigenvalue weighted by Gasteiger charge is -2.16. The standard InChI is InChI=1S/C26H32N2/c1-7-22(26(27)25-19(4)15-14-18(3)21(25)6)16-20(5)28-17-23(8-2)24-12-10-9-11-13-24/h7,9-15,17,27H,8,16H2,1-6H3/b22-7+,23-17+,27-26?,28-20?. The minimum Gasteiger partial charge on any atom is -0.300 e. The van der Waals surface area contributed by atoms with Crippen LogP contribution in [0, 0.1) is 26.2 Å². The van der Waals surface area contributed by atoms with Gasteiger partial charge in [-0.25, -0.2) is 0 Å². The van der Waals surface area contributed by atoms with Crippen molar-refractivity contribution in [3.63, 3.8) is 0 Å². The third-order valence-electron chi connectivity index (χ3n) is 5.28. The van der Waals surface area contributed by atoms with Crippen LogP contribution in [0.1, 0.15) is 61.4 Å². The molecule has 2 aromatic carbocycles. The smallest absolute Gasteiger partial charge is 0.0650 e. The number of hydrogen-bond acceptors (Lipinski definition) is 2. The molecule has 0 aliphatic heterocycles. The Morgan fingerprint density at radius 3 is 2.25 bits per heavy atom. The highest BCUT2D eigenvalue weighted by Crippen LogP contribution is 2.23. The highest BCUT2D eigenvalue weighted by Gasteiger charge is 2.14. The van der Waals surface area contributed by atoms with Gasteiger partial charge < -0.3 is 0 Å². The molecule has 0 fully saturated rings. The molecule has 2 rings (SSSR count). The van der Waals surface area contributed by atoms with Crippen LogP contribution in [-0.2, 0) is 0 Å². The van der Waals surface area contributed by atoms with Gasteiger partial charge in [0.2, 0.25) is 0 Å². The lowest BCUT2D eigenvalue weighted by molar-refractivity contribution is 1.22. The van der Waals surface area contributed by atoms with Crippen LogP contribution < -0.4 is 0 Å². The van der Waals surface area contributed by atoms with Crippen LogP contribution in [0.3, 0.4) is 0 Å². The Labute approximate surface area is 170 Å². The molecule has 1 N–H and O–H groups in total. The second-order valence-electron chi connectivity index (χ2n) is 7.30. The van der Waals surface area contributed by atoms with E-state index in [9.17, 15) is 0 Å². The lowest BCUT2D eigenvalue weighted by atomic mass is 9.89. The van der Waals surface area contributed by atoms with Crippen molar-refractivity contribution in [1.29, 1.82) is 5.41 Å². The van der Waals surface area contributed by atoms with Crippen LogP contribution in [0.15, 0.2) is 65.3 Å². The molecular weight excluding hydrogens is 340 g/mol. The predicted octanol–water partition coefficient (Wildman–Crippen LogP) is 7.23. The number of rotatable bonds is 7. The van der Waals surface area contributed by atoms with E-state index in [4.69, 9.17) is 10.4 Å². The number of nitrogens with zero attached hydrogens (tertiary/aromatic N) is 1. The molecule has 0 spiro atoms. The summed E-state index contributed by atoms with van der Waals surface area (Å²) in [6.45, 7) is 12.5. The summed E-state index contributed by atoms with van der Waals surface area (Å²) >= 11 is 0. The van der Waals surface area contributed by atoms with Crippen molar-refractivity contribution in [2.45, 2.75) is 54.4 Å². The molecule has 0 aliphatic carbocycles. The second-order valence-corrected chi connectivity index (χ2v) is 7.30. The van der Waals surface area contributed by atoms with Gasteiger partial charge in [-0.2, -0.15) is 0 Å². The third-order valence-corrected chi connectivity index (χ3v) is 5.28. The zero-order valence-corrected chi connectivity index (χ0v) is 18.1. The fraction of sp³-hybridized carbons (Fsp3) is 0.308. The van der Waals surface area contributed by atoms with Crippen LogP contribution in [-0.4, -0.2) is 11.4 Å². The molecule has 0 unspecified atom stereocenters. The average Bonchev–Trinajstić information content (AvgIpc) is 2.70. The maximum absolute atomic E-state index is 8.81. The second kappa shape index (κ2) is 9.98. The van der Waals surface area contributed by atoms with Crippen molar-refractivity contribution < 1.29 is 0 Å². The molecule has 0 heterocycles. The van der Waals surface area contributed by atoms with Gasteiger partial charge in [0.05, 0.1) is 5.71 Å². The van der Waals surface area contributed by atoms with Gasteiger partial charge >= 0.3 is 0 Å². The molecule has 0 bridgehead atoms. The van der Waals surface area contributed by atoms with Gasteiger partial charge in [0.25, 0.3) is 0 Å². The summed E-state index contributed by atoms with van der Waals surface area (Å²) in [6, 6.07) is 14.6. The van der Waals surface area contributed by atoms with Gasteiger partial charge in [0.1, 0.15) is 0 Å². The molecule has 0 saturated heterocycles. The SMILES string of the molecule is C/C=C(\CC(C)=N/C=C(\CC)c1ccccc1)C(=N)c1c(C)ccc(C)c1C. The zero-order chi connectivity index (χ0) is 20.7. The Bertz CT molecular complexity index is 928. The molecule has 28 heavy (non-hydrogen) atoms. The van der Waals surface area contributed by atoms with E-state index in [0.717, 1.165) is 28.8 Å². The van der Waals surface area contributed by atoms with Gasteiger partial charge in [0, 0.05) is 23.9 Å². The van der Waals surface area contributed by atoms with Gasteiger partial charge in [0.15, 0.2) is 0 Å². The fourth-order valence-corrected chi connectivity index (χ4v) is 3.36. The molecule has 0 aromatic heterocycles. The van der Waals surface area contributed by atoms with Crippen LogP contribution in [0.2, 0.25) is 0 Å². The minimum atomic E-state index is 0.610. The quantitative estimate of drug-likeness (QED) is 0.498. The number of nitrogens with one attached hydrogen (secondary N) is 1. The van der Waals surface area contributed by atoms with Crippen molar-refractivity contribution in [2.75, 3.05) is 0 Å². The molecule has 0 aliphatic rings. The Morgan fingerprint density at radius 2 is 1.64 bits per heavy atom. The Hall–Kier alpha value is -2.74. The molecule has 0 saturated carbocycles. The molecule has 0 atom stereocenters. The number of allylic oxidation sites excluding steroid dienone is 3. The van der Waals surface area contributed by atoms with Crippen molar-refractivity contribution in [1.82, 2.24) is 0 Å². The molecular formula is C26H32N2. The average molecular weight is 373 g/mol. The van der Waals surface area contributed by atoms with Crippen molar-refractivity contribution in [3.8, 4) is 0 Å². The first-order valence-electron chi connectivity index (χ1n) is 9.98. The number of aliphatic imine (C=N–C) groups is 1. The number of aryl methyl sites for hydroxylation is 2. The van der Waals surface area contributed by atoms with Crippen molar-refractivity contribution >= 4 is 17.0 Å². The molecule has 146 valence electrons. The highest BCUT2D eigenvalue weighted by molar-refractivity contribution is 6.14. The van der Waals surface area contributed by atoms with Crippen LogP contribution in [0.4, 0.5) is 0 Å². The van der Waals surface area contributed by atoms with E-state index in [1.54, 1.807) is 0 Å². The molecule has 2 heteroatoms. The molecule has 2 nitrogen and oxygen atoms in total. The van der Waals surface area contributed by atoms with E-state index < -0.39 is 0 Å². The maximum atomic E-state index is 8.81. The largest absolute Gasteiger partial charge is 0.300 e. The summed E-state index contributed by atoms with van der Waals surface area (Å²) in [5.74, 6) is 0. The van der Waals surface area contributed by atoms with E-state index in [0.29, 0.717) is 12.1 Å². The van der Waals surface area contributed by atoms with Crippen LogP contribution in [0.25, 0.3) is 5.57 Å². The Kier molecular flexibility index (Phi) is 7.69. The highest BCUT2D eigenvalue weighted by atomic mass is 14.7. The summed E-state index contributed by atoms with van der Waals surface area (Å²) < 4.78 is 0. The van der Waals surface area contributed by atoms with Gasteiger partial charge in [-0.15, -0.1) is 0 Å². The van der Waals surface area contributed by atoms with Gasteiger partial charge in [-0.3, -0.25) is 10.4 Å². The van der Waals surface area contributed by atoms with E-state index in [-0.39, 0.29) is 0 Å². The number of benzene rings is 2. The molecule has 2 aromatic rings. The predicted molar refractivity (Wildman–Crippen MR) is 124 cm³/mol. The molecule has 0 radical (unpaired) electrons. The van der Waals surface area contributed by atoms with E-state index in [2.05, 4.69) is 64.1 Å². The van der Waals surface area contributed by atoms with Crippen LogP contribution in [0.5, 0.6) is 0 Å². The van der Waals surface area contributed by atoms with Crippen LogP contribution >= 0.6 is 0 Å². The third kappa shape index (κ3) is 5.16. The normalized spacial score (nSPS) is 13.0. The number of hydrogen-bond donors (Lipinski definition) is 1. The topological polar surface area (TPSA) is 36.2 Å². The molecule has 0 amide bonds. The monoisotopic (exact) mass is 372 g/mol.